The van der Waals surface area contributed by atoms with E-state index in [0.29, 0.717) is 0 Å². The van der Waals surface area contributed by atoms with Crippen LogP contribution in [-0.4, -0.2) is 19.6 Å². The average Bonchev–Trinajstić information content (AvgIpc) is 3.23. The molecule has 1 saturated carbocycles. The molecule has 2 nitrogen and oxygen atoms in total. The van der Waals surface area contributed by atoms with Crippen molar-refractivity contribution in [1.82, 2.24) is 5.32 Å². The average molecular weight is 260 g/mol. The predicted octanol–water partition coefficient (Wildman–Crippen LogP) is 3.81. The molecule has 1 aromatic carbocycles. The quantitative estimate of drug-likeness (QED) is 0.679. The molecule has 0 atom stereocenters. The Morgan fingerprint density at radius 3 is 2.42 bits per heavy atom. The van der Waals surface area contributed by atoms with Crippen molar-refractivity contribution in [3.8, 4) is 0 Å². The van der Waals surface area contributed by atoms with E-state index in [-0.39, 0.29) is 0 Å². The molecular formula is C17H28N2. The Morgan fingerprint density at radius 2 is 1.84 bits per heavy atom. The lowest BCUT2D eigenvalue weighted by molar-refractivity contribution is 0.675. The third-order valence-corrected chi connectivity index (χ3v) is 3.73. The van der Waals surface area contributed by atoms with Crippen molar-refractivity contribution >= 4 is 5.69 Å². The zero-order chi connectivity index (χ0) is 13.5. The molecule has 1 aromatic rings. The van der Waals surface area contributed by atoms with E-state index in [1.54, 1.807) is 0 Å². The van der Waals surface area contributed by atoms with Gasteiger partial charge in [-0.3, -0.25) is 0 Å². The van der Waals surface area contributed by atoms with Gasteiger partial charge in [0.1, 0.15) is 0 Å². The summed E-state index contributed by atoms with van der Waals surface area (Å²) < 4.78 is 0. The van der Waals surface area contributed by atoms with Crippen LogP contribution in [-0.2, 0) is 6.54 Å². The third-order valence-electron chi connectivity index (χ3n) is 3.73. The zero-order valence-electron chi connectivity index (χ0n) is 12.5. The van der Waals surface area contributed by atoms with Crippen LogP contribution in [0.1, 0.15) is 45.1 Å². The van der Waals surface area contributed by atoms with Gasteiger partial charge in [-0.2, -0.15) is 0 Å². The molecule has 1 N–H and O–H groups in total. The predicted molar refractivity (Wildman–Crippen MR) is 83.7 cm³/mol. The monoisotopic (exact) mass is 260 g/mol. The first-order valence-electron chi connectivity index (χ1n) is 7.88. The van der Waals surface area contributed by atoms with Gasteiger partial charge in [-0.05, 0) is 55.8 Å². The van der Waals surface area contributed by atoms with Crippen molar-refractivity contribution in [2.24, 2.45) is 5.92 Å². The van der Waals surface area contributed by atoms with Gasteiger partial charge in [0.15, 0.2) is 0 Å². The molecule has 0 aliphatic heterocycles. The van der Waals surface area contributed by atoms with Gasteiger partial charge < -0.3 is 10.2 Å². The summed E-state index contributed by atoms with van der Waals surface area (Å²) >= 11 is 0. The highest BCUT2D eigenvalue weighted by Crippen LogP contribution is 2.31. The number of hydrogen-bond donors (Lipinski definition) is 1. The van der Waals surface area contributed by atoms with Crippen molar-refractivity contribution in [2.45, 2.75) is 46.1 Å². The molecule has 0 spiro atoms. The molecule has 0 bridgehead atoms. The van der Waals surface area contributed by atoms with Crippen LogP contribution >= 0.6 is 0 Å². The third kappa shape index (κ3) is 4.87. The van der Waals surface area contributed by atoms with Crippen molar-refractivity contribution in [2.75, 3.05) is 24.5 Å². The van der Waals surface area contributed by atoms with Gasteiger partial charge in [-0.15, -0.1) is 0 Å². The number of nitrogens with zero attached hydrogens (tertiary/aromatic N) is 1. The number of benzene rings is 1. The van der Waals surface area contributed by atoms with Crippen LogP contribution in [0.5, 0.6) is 0 Å². The molecule has 19 heavy (non-hydrogen) atoms. The molecule has 0 saturated heterocycles. The van der Waals surface area contributed by atoms with E-state index in [2.05, 4.69) is 48.3 Å². The van der Waals surface area contributed by atoms with Gasteiger partial charge in [0.2, 0.25) is 0 Å². The molecule has 0 heterocycles. The Labute approximate surface area is 118 Å². The summed E-state index contributed by atoms with van der Waals surface area (Å²) in [7, 11) is 0. The molecule has 0 radical (unpaired) electrons. The van der Waals surface area contributed by atoms with Crippen LogP contribution in [0.25, 0.3) is 0 Å². The second kappa shape index (κ2) is 7.54. The van der Waals surface area contributed by atoms with E-state index in [0.717, 1.165) is 19.0 Å². The van der Waals surface area contributed by atoms with Crippen molar-refractivity contribution < 1.29 is 0 Å². The molecule has 2 rings (SSSR count). The molecule has 1 aliphatic carbocycles. The molecule has 106 valence electrons. The molecule has 0 amide bonds. The lowest BCUT2D eigenvalue weighted by atomic mass is 10.1. The maximum atomic E-state index is 3.45. The Bertz CT molecular complexity index is 354. The highest BCUT2D eigenvalue weighted by atomic mass is 15.1. The second-order valence-corrected chi connectivity index (χ2v) is 5.73. The summed E-state index contributed by atoms with van der Waals surface area (Å²) in [5, 5.41) is 3.45. The van der Waals surface area contributed by atoms with Crippen LogP contribution in [0.15, 0.2) is 24.3 Å². The fraction of sp³-hybridized carbons (Fsp3) is 0.647. The molecule has 0 aromatic heterocycles. The minimum atomic E-state index is 0.956. The number of hydrogen-bond acceptors (Lipinski definition) is 2. The molecular weight excluding hydrogens is 232 g/mol. The lowest BCUT2D eigenvalue weighted by Crippen LogP contribution is -2.26. The molecule has 0 unspecified atom stereocenters. The van der Waals surface area contributed by atoms with Crippen molar-refractivity contribution in [3.05, 3.63) is 29.8 Å². The van der Waals surface area contributed by atoms with Gasteiger partial charge in [0.25, 0.3) is 0 Å². The summed E-state index contributed by atoms with van der Waals surface area (Å²) in [5.41, 5.74) is 2.79. The van der Waals surface area contributed by atoms with Crippen LogP contribution in [0.3, 0.4) is 0 Å². The van der Waals surface area contributed by atoms with Gasteiger partial charge in [-0.1, -0.05) is 26.0 Å². The first-order chi connectivity index (χ1) is 9.33. The van der Waals surface area contributed by atoms with E-state index in [1.807, 2.05) is 0 Å². The van der Waals surface area contributed by atoms with Crippen molar-refractivity contribution in [3.63, 3.8) is 0 Å². The van der Waals surface area contributed by atoms with Crippen LogP contribution in [0.2, 0.25) is 0 Å². The maximum Gasteiger partial charge on any atom is 0.0366 e. The fourth-order valence-corrected chi connectivity index (χ4v) is 2.44. The lowest BCUT2D eigenvalue weighted by Gasteiger charge is -2.24. The standard InChI is InChI=1S/C17H28N2/c1-3-11-18-13-15-7-9-17(10-8-15)19(12-4-2)14-16-5-6-16/h7-10,16,18H,3-6,11-14H2,1-2H3. The molecule has 1 fully saturated rings. The largest absolute Gasteiger partial charge is 0.371 e. The summed E-state index contributed by atoms with van der Waals surface area (Å²) in [6.45, 7) is 9.00. The Hall–Kier alpha value is -1.02. The second-order valence-electron chi connectivity index (χ2n) is 5.73. The van der Waals surface area contributed by atoms with Crippen LogP contribution in [0.4, 0.5) is 5.69 Å². The highest BCUT2D eigenvalue weighted by molar-refractivity contribution is 5.47. The van der Waals surface area contributed by atoms with E-state index in [4.69, 9.17) is 0 Å². The van der Waals surface area contributed by atoms with Gasteiger partial charge >= 0.3 is 0 Å². The minimum absolute atomic E-state index is 0.956. The van der Waals surface area contributed by atoms with Crippen LogP contribution < -0.4 is 10.2 Å². The smallest absolute Gasteiger partial charge is 0.0366 e. The van der Waals surface area contributed by atoms with Crippen LogP contribution in [0, 0.1) is 5.92 Å². The normalized spacial score (nSPS) is 14.6. The first kappa shape index (κ1) is 14.4. The SMILES string of the molecule is CCCNCc1ccc(N(CCC)CC2CC2)cc1. The Morgan fingerprint density at radius 1 is 1.11 bits per heavy atom. The Balaban J connectivity index is 1.90. The number of anilines is 1. The first-order valence-corrected chi connectivity index (χ1v) is 7.88. The van der Waals surface area contributed by atoms with E-state index in [1.165, 1.54) is 50.0 Å². The van der Waals surface area contributed by atoms with Gasteiger partial charge in [0.05, 0.1) is 0 Å². The molecule has 2 heteroatoms. The van der Waals surface area contributed by atoms with E-state index in [9.17, 15) is 0 Å². The summed E-state index contributed by atoms with van der Waals surface area (Å²) in [5.74, 6) is 0.956. The number of rotatable bonds is 9. The summed E-state index contributed by atoms with van der Waals surface area (Å²) in [6, 6.07) is 9.13. The Kier molecular flexibility index (Phi) is 5.71. The number of nitrogens with one attached hydrogen (secondary N) is 1. The van der Waals surface area contributed by atoms with E-state index < -0.39 is 0 Å². The molecule has 1 aliphatic rings. The van der Waals surface area contributed by atoms with Crippen molar-refractivity contribution in [1.29, 1.82) is 0 Å². The summed E-state index contributed by atoms with van der Waals surface area (Å²) in [6.07, 6.45) is 5.29. The topological polar surface area (TPSA) is 15.3 Å². The highest BCUT2D eigenvalue weighted by Gasteiger charge is 2.24. The fourth-order valence-electron chi connectivity index (χ4n) is 2.44. The zero-order valence-corrected chi connectivity index (χ0v) is 12.5. The maximum absolute atomic E-state index is 3.45. The van der Waals surface area contributed by atoms with E-state index >= 15 is 0 Å². The summed E-state index contributed by atoms with van der Waals surface area (Å²) in [4.78, 5) is 2.56. The van der Waals surface area contributed by atoms with Gasteiger partial charge in [0, 0.05) is 25.3 Å². The van der Waals surface area contributed by atoms with Gasteiger partial charge in [-0.25, -0.2) is 0 Å². The minimum Gasteiger partial charge on any atom is -0.371 e.